The summed E-state index contributed by atoms with van der Waals surface area (Å²) in [4.78, 5) is 18.2. The Morgan fingerprint density at radius 1 is 1.27 bits per heavy atom. The molecule has 6 nitrogen and oxygen atoms in total. The predicted molar refractivity (Wildman–Crippen MR) is 73.7 cm³/mol. The van der Waals surface area contributed by atoms with Crippen LogP contribution in [0.3, 0.4) is 0 Å². The molecule has 0 radical (unpaired) electrons. The van der Waals surface area contributed by atoms with Gasteiger partial charge in [-0.05, 0) is 24.7 Å². The molecule has 0 N–H and O–H groups in total. The van der Waals surface area contributed by atoms with Gasteiger partial charge in [-0.1, -0.05) is 11.2 Å². The molecule has 2 rings (SSSR count). The number of nitrogens with zero attached hydrogens (tertiary/aromatic N) is 5. The van der Waals surface area contributed by atoms with Gasteiger partial charge in [0.15, 0.2) is 0 Å². The Hall–Kier alpha value is -2.25. The molecule has 1 heterocycles. The Bertz CT molecular complexity index is 617. The van der Waals surface area contributed by atoms with Gasteiger partial charge in [0, 0.05) is 36.8 Å². The summed E-state index contributed by atoms with van der Waals surface area (Å²) in [6, 6.07) is 2.97. The Morgan fingerprint density at radius 3 is 2.45 bits per heavy atom. The summed E-state index contributed by atoms with van der Waals surface area (Å²) in [5.74, 6) is -0.659. The third-order valence-electron chi connectivity index (χ3n) is 3.49. The van der Waals surface area contributed by atoms with Gasteiger partial charge in [0.1, 0.15) is 0 Å². The number of rotatable bonds is 2. The monoisotopic (exact) mass is 313 g/mol. The standard InChI is InChI=1S/C13H14F3N5O/c1-20-4-6-21(7-5-20)12(22)10-3-2-9(18-19-17)8-11(10)13(14,15)16/h2-3,8H,4-7H2,1H3. The number of halogens is 3. The van der Waals surface area contributed by atoms with Crippen molar-refractivity contribution in [3.63, 3.8) is 0 Å². The smallest absolute Gasteiger partial charge is 0.336 e. The van der Waals surface area contributed by atoms with Crippen LogP contribution in [0.5, 0.6) is 0 Å². The zero-order valence-corrected chi connectivity index (χ0v) is 11.8. The van der Waals surface area contributed by atoms with Crippen LogP contribution in [0.15, 0.2) is 23.3 Å². The molecule has 1 aromatic carbocycles. The Morgan fingerprint density at radius 2 is 1.91 bits per heavy atom. The van der Waals surface area contributed by atoms with E-state index in [0.717, 1.165) is 6.07 Å². The van der Waals surface area contributed by atoms with Crippen LogP contribution in [0.1, 0.15) is 15.9 Å². The summed E-state index contributed by atoms with van der Waals surface area (Å²) in [5.41, 5.74) is 6.64. The van der Waals surface area contributed by atoms with E-state index >= 15 is 0 Å². The van der Waals surface area contributed by atoms with Crippen molar-refractivity contribution in [1.29, 1.82) is 0 Å². The van der Waals surface area contributed by atoms with Crippen LogP contribution in [-0.4, -0.2) is 48.9 Å². The number of carbonyl (C=O) groups is 1. The number of carbonyl (C=O) groups excluding carboxylic acids is 1. The highest BCUT2D eigenvalue weighted by Crippen LogP contribution is 2.35. The molecule has 0 saturated carbocycles. The fourth-order valence-electron chi connectivity index (χ4n) is 2.25. The molecule has 0 atom stereocenters. The number of piperazine rings is 1. The van der Waals surface area contributed by atoms with E-state index in [2.05, 4.69) is 10.0 Å². The van der Waals surface area contributed by atoms with Gasteiger partial charge in [0.05, 0.1) is 11.1 Å². The third kappa shape index (κ3) is 3.49. The topological polar surface area (TPSA) is 72.3 Å². The lowest BCUT2D eigenvalue weighted by molar-refractivity contribution is -0.138. The summed E-state index contributed by atoms with van der Waals surface area (Å²) in [6.45, 7) is 1.99. The molecule has 1 aliphatic rings. The summed E-state index contributed by atoms with van der Waals surface area (Å²) in [6.07, 6.45) is -4.70. The van der Waals surface area contributed by atoms with Gasteiger partial charge in [0.25, 0.3) is 5.91 Å². The van der Waals surface area contributed by atoms with Gasteiger partial charge in [0.2, 0.25) is 0 Å². The first-order valence-corrected chi connectivity index (χ1v) is 6.57. The minimum Gasteiger partial charge on any atom is -0.336 e. The molecule has 1 aliphatic heterocycles. The highest BCUT2D eigenvalue weighted by Gasteiger charge is 2.36. The summed E-state index contributed by atoms with van der Waals surface area (Å²) in [5, 5.41) is 3.15. The van der Waals surface area contributed by atoms with E-state index in [1.807, 2.05) is 11.9 Å². The highest BCUT2D eigenvalue weighted by molar-refractivity contribution is 5.96. The molecule has 0 bridgehead atoms. The quantitative estimate of drug-likeness (QED) is 0.478. The first kappa shape index (κ1) is 16.1. The number of benzene rings is 1. The van der Waals surface area contributed by atoms with E-state index in [-0.39, 0.29) is 5.69 Å². The average Bonchev–Trinajstić information content (AvgIpc) is 2.47. The molecule has 118 valence electrons. The molecular weight excluding hydrogens is 299 g/mol. The van der Waals surface area contributed by atoms with E-state index in [4.69, 9.17) is 5.53 Å². The second kappa shape index (κ2) is 6.25. The highest BCUT2D eigenvalue weighted by atomic mass is 19.4. The van der Waals surface area contributed by atoms with Crippen molar-refractivity contribution in [2.45, 2.75) is 6.18 Å². The summed E-state index contributed by atoms with van der Waals surface area (Å²) < 4.78 is 39.4. The lowest BCUT2D eigenvalue weighted by atomic mass is 10.0. The fourth-order valence-corrected chi connectivity index (χ4v) is 2.25. The maximum atomic E-state index is 13.1. The normalized spacial score (nSPS) is 16.3. The molecule has 0 aromatic heterocycles. The average molecular weight is 313 g/mol. The number of hydrogen-bond acceptors (Lipinski definition) is 3. The zero-order chi connectivity index (χ0) is 16.3. The van der Waals surface area contributed by atoms with E-state index in [0.29, 0.717) is 32.2 Å². The predicted octanol–water partition coefficient (Wildman–Crippen LogP) is 3.03. The van der Waals surface area contributed by atoms with Gasteiger partial charge in [-0.15, -0.1) is 0 Å². The second-order valence-corrected chi connectivity index (χ2v) is 5.01. The van der Waals surface area contributed by atoms with Crippen molar-refractivity contribution in [3.8, 4) is 0 Å². The minimum atomic E-state index is -4.70. The van der Waals surface area contributed by atoms with Gasteiger partial charge in [-0.3, -0.25) is 4.79 Å². The van der Waals surface area contributed by atoms with Crippen molar-refractivity contribution in [3.05, 3.63) is 39.8 Å². The SMILES string of the molecule is CN1CCN(C(=O)c2ccc(N=[N+]=[N-])cc2C(F)(F)F)CC1. The molecule has 9 heteroatoms. The first-order chi connectivity index (χ1) is 10.3. The molecule has 22 heavy (non-hydrogen) atoms. The van der Waals surface area contributed by atoms with Crippen molar-refractivity contribution < 1.29 is 18.0 Å². The van der Waals surface area contributed by atoms with Crippen LogP contribution in [-0.2, 0) is 6.18 Å². The Kier molecular flexibility index (Phi) is 4.58. The first-order valence-electron chi connectivity index (χ1n) is 6.57. The Balaban J connectivity index is 2.37. The number of azide groups is 1. The number of hydrogen-bond donors (Lipinski definition) is 0. The molecule has 0 unspecified atom stereocenters. The van der Waals surface area contributed by atoms with E-state index in [1.165, 1.54) is 11.0 Å². The van der Waals surface area contributed by atoms with Crippen LogP contribution >= 0.6 is 0 Å². The van der Waals surface area contributed by atoms with Gasteiger partial charge < -0.3 is 9.80 Å². The van der Waals surface area contributed by atoms with Crippen LogP contribution < -0.4 is 0 Å². The molecule has 0 aliphatic carbocycles. The largest absolute Gasteiger partial charge is 0.417 e. The molecule has 1 saturated heterocycles. The van der Waals surface area contributed by atoms with Crippen LogP contribution in [0.2, 0.25) is 0 Å². The zero-order valence-electron chi connectivity index (χ0n) is 11.8. The number of amides is 1. The molecule has 1 amide bonds. The molecule has 1 fully saturated rings. The van der Waals surface area contributed by atoms with Crippen molar-refractivity contribution in [1.82, 2.24) is 9.80 Å². The van der Waals surface area contributed by atoms with Crippen LogP contribution in [0.25, 0.3) is 10.4 Å². The second-order valence-electron chi connectivity index (χ2n) is 5.01. The Labute approximate surface area is 124 Å². The van der Waals surface area contributed by atoms with Gasteiger partial charge in [-0.2, -0.15) is 13.2 Å². The maximum Gasteiger partial charge on any atom is 0.417 e. The van der Waals surface area contributed by atoms with Crippen LogP contribution in [0, 0.1) is 0 Å². The molecule has 0 spiro atoms. The molecule has 1 aromatic rings. The van der Waals surface area contributed by atoms with Gasteiger partial charge >= 0.3 is 6.18 Å². The molecular formula is C13H14F3N5O. The van der Waals surface area contributed by atoms with Gasteiger partial charge in [-0.25, -0.2) is 0 Å². The summed E-state index contributed by atoms with van der Waals surface area (Å²) in [7, 11) is 1.89. The minimum absolute atomic E-state index is 0.176. The van der Waals surface area contributed by atoms with Crippen molar-refractivity contribution >= 4 is 11.6 Å². The lowest BCUT2D eigenvalue weighted by Crippen LogP contribution is -2.47. The van der Waals surface area contributed by atoms with Crippen molar-refractivity contribution in [2.75, 3.05) is 33.2 Å². The third-order valence-corrected chi connectivity index (χ3v) is 3.49. The van der Waals surface area contributed by atoms with Crippen molar-refractivity contribution in [2.24, 2.45) is 5.11 Å². The van der Waals surface area contributed by atoms with Crippen LogP contribution in [0.4, 0.5) is 18.9 Å². The van der Waals surface area contributed by atoms with E-state index < -0.39 is 23.2 Å². The lowest BCUT2D eigenvalue weighted by Gasteiger charge is -2.33. The number of alkyl halides is 3. The van der Waals surface area contributed by atoms with E-state index in [9.17, 15) is 18.0 Å². The fraction of sp³-hybridized carbons (Fsp3) is 0.462. The maximum absolute atomic E-state index is 13.1. The van der Waals surface area contributed by atoms with E-state index in [1.54, 1.807) is 0 Å². The summed E-state index contributed by atoms with van der Waals surface area (Å²) >= 11 is 0. The number of likely N-dealkylation sites (N-methyl/N-ethyl adjacent to an activating group) is 1.